The van der Waals surface area contributed by atoms with Gasteiger partial charge in [0.25, 0.3) is 0 Å². The maximum Gasteiger partial charge on any atom is 0.323 e. The fourth-order valence-corrected chi connectivity index (χ4v) is 3.79. The molecule has 0 radical (unpaired) electrons. The Morgan fingerprint density at radius 2 is 2.03 bits per heavy atom. The molecule has 0 fully saturated rings. The molecule has 0 aromatic rings. The molecule has 2 aliphatic carbocycles. The van der Waals surface area contributed by atoms with E-state index in [-0.39, 0.29) is 25.7 Å². The number of esters is 1. The van der Waals surface area contributed by atoms with E-state index in [1.54, 1.807) is 6.08 Å². The Balaban J connectivity index is 1.54. The van der Waals surface area contributed by atoms with Gasteiger partial charge in [0.1, 0.15) is 24.0 Å². The summed E-state index contributed by atoms with van der Waals surface area (Å²) >= 11 is 0. The number of nitrogens with two attached hydrogens (primary N) is 1. The average Bonchev–Trinajstić information content (AvgIpc) is 3.22. The monoisotopic (exact) mass is 429 g/mol. The van der Waals surface area contributed by atoms with Gasteiger partial charge in [-0.3, -0.25) is 4.79 Å². The van der Waals surface area contributed by atoms with Crippen molar-refractivity contribution in [3.63, 3.8) is 0 Å². The van der Waals surface area contributed by atoms with Crippen LogP contribution in [0.5, 0.6) is 0 Å². The van der Waals surface area contributed by atoms with E-state index >= 15 is 0 Å². The zero-order chi connectivity index (χ0) is 21.7. The van der Waals surface area contributed by atoms with Crippen LogP contribution in [0.25, 0.3) is 0 Å². The predicted molar refractivity (Wildman–Crippen MR) is 102 cm³/mol. The number of hydrogen-bond acceptors (Lipinski definition) is 10. The molecular weight excluding hydrogens is 398 g/mol. The van der Waals surface area contributed by atoms with Crippen molar-refractivity contribution < 1.29 is 44.2 Å². The van der Waals surface area contributed by atoms with Gasteiger partial charge in [0.05, 0.1) is 25.4 Å². The molecule has 0 bridgehead atoms. The van der Waals surface area contributed by atoms with Crippen molar-refractivity contribution in [3.05, 3.63) is 23.7 Å². The van der Waals surface area contributed by atoms with Crippen LogP contribution in [-0.2, 0) is 23.7 Å². The molecule has 1 heterocycles. The fourth-order valence-electron chi connectivity index (χ4n) is 3.79. The smallest absolute Gasteiger partial charge is 0.323 e. The van der Waals surface area contributed by atoms with Gasteiger partial charge >= 0.3 is 5.97 Å². The lowest BCUT2D eigenvalue weighted by atomic mass is 9.89. The summed E-state index contributed by atoms with van der Waals surface area (Å²) in [5, 5.41) is 37.6. The van der Waals surface area contributed by atoms with Crippen LogP contribution in [0.3, 0.4) is 0 Å². The van der Waals surface area contributed by atoms with Gasteiger partial charge in [0.2, 0.25) is 6.79 Å². The number of carbonyl (C=O) groups excluding carboxylic acids is 1. The summed E-state index contributed by atoms with van der Waals surface area (Å²) in [6, 6.07) is -0.816. The van der Waals surface area contributed by atoms with Gasteiger partial charge in [-0.05, 0) is 25.2 Å². The molecule has 10 heteroatoms. The summed E-state index contributed by atoms with van der Waals surface area (Å²) in [5.41, 5.74) is 6.04. The number of ether oxygens (including phenoxy) is 4. The van der Waals surface area contributed by atoms with E-state index in [2.05, 4.69) is 0 Å². The largest absolute Gasteiger partial charge is 0.458 e. The van der Waals surface area contributed by atoms with Gasteiger partial charge in [0.15, 0.2) is 11.9 Å². The summed E-state index contributed by atoms with van der Waals surface area (Å²) in [5.74, 6) is 0.531. The van der Waals surface area contributed by atoms with Gasteiger partial charge in [0, 0.05) is 12.8 Å². The van der Waals surface area contributed by atoms with Gasteiger partial charge < -0.3 is 45.1 Å². The molecule has 3 rings (SSSR count). The summed E-state index contributed by atoms with van der Waals surface area (Å²) in [6.07, 6.45) is 1.98. The second-order valence-electron chi connectivity index (χ2n) is 7.96. The lowest BCUT2D eigenvalue weighted by Gasteiger charge is -2.30. The number of aliphatic hydroxyl groups is 4. The van der Waals surface area contributed by atoms with E-state index in [9.17, 15) is 20.1 Å². The predicted octanol–water partition coefficient (Wildman–Crippen LogP) is -0.948. The second-order valence-corrected chi connectivity index (χ2v) is 7.96. The first-order valence-electron chi connectivity index (χ1n) is 10.3. The molecule has 10 nitrogen and oxygen atoms in total. The van der Waals surface area contributed by atoms with Crippen LogP contribution in [0.4, 0.5) is 0 Å². The lowest BCUT2D eigenvalue weighted by Crippen LogP contribution is -2.40. The molecular formula is C20H31NO9. The summed E-state index contributed by atoms with van der Waals surface area (Å²) in [4.78, 5) is 12.6. The summed E-state index contributed by atoms with van der Waals surface area (Å²) in [7, 11) is 0. The molecule has 0 aromatic carbocycles. The van der Waals surface area contributed by atoms with Crippen molar-refractivity contribution in [1.82, 2.24) is 0 Å². The lowest BCUT2D eigenvalue weighted by molar-refractivity contribution is -0.154. The Kier molecular flexibility index (Phi) is 8.09. The average molecular weight is 429 g/mol. The Labute approximate surface area is 174 Å². The van der Waals surface area contributed by atoms with E-state index in [4.69, 9.17) is 29.8 Å². The maximum absolute atomic E-state index is 12.6. The number of rotatable bonds is 9. The molecule has 30 heavy (non-hydrogen) atoms. The quantitative estimate of drug-likeness (QED) is 0.228. The van der Waals surface area contributed by atoms with Crippen LogP contribution >= 0.6 is 0 Å². The molecule has 3 aliphatic rings. The van der Waals surface area contributed by atoms with Crippen molar-refractivity contribution in [1.29, 1.82) is 0 Å². The van der Waals surface area contributed by atoms with E-state index in [1.807, 2.05) is 6.08 Å². The van der Waals surface area contributed by atoms with Gasteiger partial charge in [-0.2, -0.15) is 0 Å². The maximum atomic E-state index is 12.6. The van der Waals surface area contributed by atoms with Crippen molar-refractivity contribution in [2.24, 2.45) is 11.7 Å². The highest BCUT2D eigenvalue weighted by Crippen LogP contribution is 2.35. The van der Waals surface area contributed by atoms with Crippen LogP contribution in [-0.4, -0.2) is 83.0 Å². The van der Waals surface area contributed by atoms with Gasteiger partial charge in [-0.1, -0.05) is 12.2 Å². The van der Waals surface area contributed by atoms with Crippen molar-refractivity contribution in [2.75, 3.05) is 20.0 Å². The van der Waals surface area contributed by atoms with Gasteiger partial charge in [-0.15, -0.1) is 0 Å². The SMILES string of the molecule is NC(CC1C=CC(O)CC1)C(=O)OC1CC(OCC(O)C(O)CO)CC2=C1OCO2. The normalized spacial score (nSPS) is 31.4. The highest BCUT2D eigenvalue weighted by atomic mass is 16.7. The molecule has 0 aromatic heterocycles. The van der Waals surface area contributed by atoms with Crippen LogP contribution < -0.4 is 5.73 Å². The number of carbonyl (C=O) groups is 1. The standard InChI is InChI=1S/C20H31NO9/c21-14(5-11-1-3-12(23)4-2-11)20(26)30-18-7-13(6-17-19(18)29-10-28-17)27-9-16(25)15(24)8-22/h1,3,11-16,18,22-25H,2,4-10,21H2. The van der Waals surface area contributed by atoms with E-state index < -0.39 is 49.1 Å². The topological polar surface area (TPSA) is 161 Å². The number of aliphatic hydroxyl groups excluding tert-OH is 4. The molecule has 7 atom stereocenters. The zero-order valence-corrected chi connectivity index (χ0v) is 16.8. The summed E-state index contributed by atoms with van der Waals surface area (Å²) in [6.45, 7) is -0.733. The van der Waals surface area contributed by atoms with Crippen molar-refractivity contribution in [2.45, 2.75) is 68.7 Å². The van der Waals surface area contributed by atoms with Crippen LogP contribution in [0.2, 0.25) is 0 Å². The number of hydrogen-bond donors (Lipinski definition) is 5. The Morgan fingerprint density at radius 1 is 1.23 bits per heavy atom. The zero-order valence-electron chi connectivity index (χ0n) is 16.8. The minimum absolute atomic E-state index is 0.0263. The third-order valence-corrected chi connectivity index (χ3v) is 5.60. The van der Waals surface area contributed by atoms with Crippen molar-refractivity contribution in [3.8, 4) is 0 Å². The minimum atomic E-state index is -1.30. The van der Waals surface area contributed by atoms with Crippen molar-refractivity contribution >= 4 is 5.97 Å². The third-order valence-electron chi connectivity index (χ3n) is 5.60. The van der Waals surface area contributed by atoms with E-state index in [0.717, 1.165) is 6.42 Å². The Morgan fingerprint density at radius 3 is 2.73 bits per heavy atom. The first kappa shape index (κ1) is 23.0. The highest BCUT2D eigenvalue weighted by molar-refractivity contribution is 5.76. The third kappa shape index (κ3) is 5.93. The van der Waals surface area contributed by atoms with Crippen LogP contribution in [0.15, 0.2) is 23.7 Å². The Bertz CT molecular complexity index is 652. The minimum Gasteiger partial charge on any atom is -0.458 e. The molecule has 1 aliphatic heterocycles. The molecule has 0 amide bonds. The molecule has 0 saturated carbocycles. The van der Waals surface area contributed by atoms with Crippen LogP contribution in [0.1, 0.15) is 32.1 Å². The first-order chi connectivity index (χ1) is 14.4. The molecule has 0 spiro atoms. The fraction of sp³-hybridized carbons (Fsp3) is 0.750. The highest BCUT2D eigenvalue weighted by Gasteiger charge is 2.39. The second kappa shape index (κ2) is 10.6. The number of allylic oxidation sites excluding steroid dienone is 1. The first-order valence-corrected chi connectivity index (χ1v) is 10.3. The van der Waals surface area contributed by atoms with Gasteiger partial charge in [-0.25, -0.2) is 0 Å². The molecule has 0 saturated heterocycles. The molecule has 170 valence electrons. The van der Waals surface area contributed by atoms with Crippen LogP contribution in [0, 0.1) is 5.92 Å². The Hall–Kier alpha value is -1.69. The van der Waals surface area contributed by atoms with E-state index in [1.165, 1.54) is 0 Å². The molecule has 6 N–H and O–H groups in total. The van der Waals surface area contributed by atoms with E-state index in [0.29, 0.717) is 30.8 Å². The summed E-state index contributed by atoms with van der Waals surface area (Å²) < 4.78 is 22.1. The molecule has 7 unspecified atom stereocenters.